The van der Waals surface area contributed by atoms with Crippen LogP contribution in [0, 0.1) is 12.3 Å². The predicted molar refractivity (Wildman–Crippen MR) is 99.6 cm³/mol. The number of likely N-dealkylation sites (tertiary alicyclic amines) is 1. The molecule has 2 aromatic rings. The maximum atomic E-state index is 6.01. The van der Waals surface area contributed by atoms with E-state index in [1.165, 1.54) is 23.5 Å². The van der Waals surface area contributed by atoms with Gasteiger partial charge in [-0.25, -0.2) is 4.98 Å². The Morgan fingerprint density at radius 3 is 2.83 bits per heavy atom. The highest BCUT2D eigenvalue weighted by atomic mass is 32.1. The van der Waals surface area contributed by atoms with Crippen molar-refractivity contribution in [2.75, 3.05) is 39.4 Å². The Balaban J connectivity index is 1.40. The first kappa shape index (κ1) is 16.7. The molecule has 6 heteroatoms. The highest BCUT2D eigenvalue weighted by Gasteiger charge is 2.41. The molecule has 2 aliphatic rings. The van der Waals surface area contributed by atoms with Crippen molar-refractivity contribution in [2.24, 2.45) is 5.41 Å². The van der Waals surface area contributed by atoms with Gasteiger partial charge in [-0.2, -0.15) is 0 Å². The zero-order valence-electron chi connectivity index (χ0n) is 14.2. The molecule has 0 bridgehead atoms. The van der Waals surface area contributed by atoms with Crippen LogP contribution < -0.4 is 0 Å². The number of nitrogens with zero attached hydrogens (tertiary/aromatic N) is 3. The smallest absolute Gasteiger partial charge is 0.0897 e. The zero-order valence-corrected chi connectivity index (χ0v) is 15.9. The minimum atomic E-state index is 0.291. The van der Waals surface area contributed by atoms with E-state index in [9.17, 15) is 0 Å². The molecule has 1 atom stereocenters. The largest absolute Gasteiger partial charge is 0.379 e. The Hall–Kier alpha value is -0.790. The first-order chi connectivity index (χ1) is 11.7. The summed E-state index contributed by atoms with van der Waals surface area (Å²) in [7, 11) is 0. The lowest BCUT2D eigenvalue weighted by molar-refractivity contribution is 0.0707. The van der Waals surface area contributed by atoms with Gasteiger partial charge in [0.2, 0.25) is 0 Å². The topological polar surface area (TPSA) is 28.6 Å². The molecular weight excluding hydrogens is 338 g/mol. The van der Waals surface area contributed by atoms with Crippen molar-refractivity contribution in [1.29, 1.82) is 0 Å². The molecule has 4 nitrogen and oxygen atoms in total. The first-order valence-electron chi connectivity index (χ1n) is 8.67. The summed E-state index contributed by atoms with van der Waals surface area (Å²) in [5.74, 6) is 0. The van der Waals surface area contributed by atoms with Gasteiger partial charge in [0, 0.05) is 48.4 Å². The van der Waals surface area contributed by atoms with Gasteiger partial charge >= 0.3 is 0 Å². The van der Waals surface area contributed by atoms with Gasteiger partial charge in [-0.1, -0.05) is 6.07 Å². The predicted octanol–water partition coefficient (Wildman–Crippen LogP) is 3.24. The van der Waals surface area contributed by atoms with Gasteiger partial charge in [0.05, 0.1) is 23.9 Å². The zero-order chi connectivity index (χ0) is 16.4. The fourth-order valence-electron chi connectivity index (χ4n) is 3.96. The Kier molecular flexibility index (Phi) is 5.01. The lowest BCUT2D eigenvalue weighted by Gasteiger charge is -2.31. The maximum absolute atomic E-state index is 6.01. The van der Waals surface area contributed by atoms with E-state index < -0.39 is 0 Å². The fraction of sp³-hybridized carbons (Fsp3) is 0.611. The van der Waals surface area contributed by atoms with Crippen LogP contribution in [-0.4, -0.2) is 54.2 Å². The number of aryl methyl sites for hydroxylation is 1. The van der Waals surface area contributed by atoms with E-state index >= 15 is 0 Å². The molecular formula is C18H25N3OS2. The van der Waals surface area contributed by atoms with Crippen LogP contribution in [0.25, 0.3) is 0 Å². The van der Waals surface area contributed by atoms with E-state index in [-0.39, 0.29) is 0 Å². The molecule has 1 spiro atoms. The van der Waals surface area contributed by atoms with Crippen LogP contribution in [0.2, 0.25) is 0 Å². The second-order valence-corrected chi connectivity index (χ2v) is 9.26. The van der Waals surface area contributed by atoms with E-state index in [0.717, 1.165) is 50.9 Å². The van der Waals surface area contributed by atoms with Crippen LogP contribution >= 0.6 is 22.7 Å². The van der Waals surface area contributed by atoms with Crippen LogP contribution in [0.3, 0.4) is 0 Å². The third-order valence-electron chi connectivity index (χ3n) is 5.05. The Morgan fingerprint density at radius 1 is 1.21 bits per heavy atom. The van der Waals surface area contributed by atoms with Gasteiger partial charge < -0.3 is 4.74 Å². The van der Waals surface area contributed by atoms with Crippen molar-refractivity contribution in [3.63, 3.8) is 0 Å². The standard InChI is InChI=1S/C18H25N3OS2/c1-15-19-16(11-24-15)9-21-6-7-22-14-18(13-21)4-5-20(12-18)10-17-3-2-8-23-17/h2-3,8,11H,4-7,9-10,12-14H2,1H3/t18-/m1/s1. The number of aromatic nitrogens is 1. The van der Waals surface area contributed by atoms with E-state index in [1.54, 1.807) is 11.3 Å². The molecule has 0 aromatic carbocycles. The normalized spacial score (nSPS) is 26.2. The molecule has 2 fully saturated rings. The molecule has 4 heterocycles. The summed E-state index contributed by atoms with van der Waals surface area (Å²) >= 11 is 3.61. The SMILES string of the molecule is Cc1nc(CN2CCOC[C@@]3(CCN(Cc4cccs4)C3)C2)cs1. The summed E-state index contributed by atoms with van der Waals surface area (Å²) < 4.78 is 6.01. The Labute approximate surface area is 152 Å². The third-order valence-corrected chi connectivity index (χ3v) is 6.73. The molecule has 2 aromatic heterocycles. The highest BCUT2D eigenvalue weighted by molar-refractivity contribution is 7.10. The monoisotopic (exact) mass is 363 g/mol. The van der Waals surface area contributed by atoms with Crippen molar-refractivity contribution >= 4 is 22.7 Å². The average molecular weight is 364 g/mol. The number of hydrogen-bond donors (Lipinski definition) is 0. The lowest BCUT2D eigenvalue weighted by atomic mass is 9.87. The molecule has 0 amide bonds. The van der Waals surface area contributed by atoms with Crippen molar-refractivity contribution in [1.82, 2.24) is 14.8 Å². The van der Waals surface area contributed by atoms with Crippen LogP contribution in [0.5, 0.6) is 0 Å². The summed E-state index contributed by atoms with van der Waals surface area (Å²) in [6.07, 6.45) is 1.24. The molecule has 0 aliphatic carbocycles. The number of hydrogen-bond acceptors (Lipinski definition) is 6. The molecule has 2 aliphatic heterocycles. The second-order valence-electron chi connectivity index (χ2n) is 7.16. The van der Waals surface area contributed by atoms with E-state index in [4.69, 9.17) is 4.74 Å². The number of rotatable bonds is 4. The van der Waals surface area contributed by atoms with Gasteiger partial charge in [-0.3, -0.25) is 9.80 Å². The summed E-state index contributed by atoms with van der Waals surface area (Å²) in [6.45, 7) is 10.4. The van der Waals surface area contributed by atoms with Crippen LogP contribution in [-0.2, 0) is 17.8 Å². The summed E-state index contributed by atoms with van der Waals surface area (Å²) in [5, 5.41) is 5.53. The van der Waals surface area contributed by atoms with Gasteiger partial charge in [0.15, 0.2) is 0 Å². The second kappa shape index (κ2) is 7.22. The van der Waals surface area contributed by atoms with Crippen molar-refractivity contribution < 1.29 is 4.74 Å². The molecule has 4 rings (SSSR count). The minimum Gasteiger partial charge on any atom is -0.379 e. The van der Waals surface area contributed by atoms with Gasteiger partial charge in [-0.05, 0) is 31.3 Å². The quantitative estimate of drug-likeness (QED) is 0.834. The summed E-state index contributed by atoms with van der Waals surface area (Å²) in [4.78, 5) is 11.3. The Bertz CT molecular complexity index is 657. The molecule has 0 saturated carbocycles. The van der Waals surface area contributed by atoms with Crippen LogP contribution in [0.4, 0.5) is 0 Å². The van der Waals surface area contributed by atoms with Gasteiger partial charge in [0.25, 0.3) is 0 Å². The van der Waals surface area contributed by atoms with E-state index in [0.29, 0.717) is 5.41 Å². The number of thiazole rings is 1. The number of ether oxygens (including phenoxy) is 1. The average Bonchev–Trinajstić information content (AvgIpc) is 3.25. The maximum Gasteiger partial charge on any atom is 0.0897 e. The first-order valence-corrected chi connectivity index (χ1v) is 10.4. The fourth-order valence-corrected chi connectivity index (χ4v) is 5.31. The molecule has 130 valence electrons. The molecule has 2 saturated heterocycles. The highest BCUT2D eigenvalue weighted by Crippen LogP contribution is 2.35. The van der Waals surface area contributed by atoms with Crippen LogP contribution in [0.1, 0.15) is 22.0 Å². The molecule has 0 N–H and O–H groups in total. The Morgan fingerprint density at radius 2 is 2.08 bits per heavy atom. The van der Waals surface area contributed by atoms with Crippen molar-refractivity contribution in [3.8, 4) is 0 Å². The van der Waals surface area contributed by atoms with Gasteiger partial charge in [0.1, 0.15) is 0 Å². The third kappa shape index (κ3) is 3.89. The summed E-state index contributed by atoms with van der Waals surface area (Å²) in [5.41, 5.74) is 1.50. The van der Waals surface area contributed by atoms with E-state index in [2.05, 4.69) is 44.6 Å². The minimum absolute atomic E-state index is 0.291. The lowest BCUT2D eigenvalue weighted by Crippen LogP contribution is -2.40. The van der Waals surface area contributed by atoms with E-state index in [1.807, 2.05) is 11.3 Å². The summed E-state index contributed by atoms with van der Waals surface area (Å²) in [6, 6.07) is 4.40. The molecule has 24 heavy (non-hydrogen) atoms. The number of thiophene rings is 1. The van der Waals surface area contributed by atoms with Crippen molar-refractivity contribution in [2.45, 2.75) is 26.4 Å². The van der Waals surface area contributed by atoms with Gasteiger partial charge in [-0.15, -0.1) is 22.7 Å². The van der Waals surface area contributed by atoms with Crippen molar-refractivity contribution in [3.05, 3.63) is 38.5 Å². The van der Waals surface area contributed by atoms with Crippen LogP contribution in [0.15, 0.2) is 22.9 Å². The molecule has 0 radical (unpaired) electrons. The molecule has 0 unspecified atom stereocenters.